The average Bonchev–Trinajstić information content (AvgIpc) is 2.69. The van der Waals surface area contributed by atoms with Crippen LogP contribution in [0.2, 0.25) is 5.02 Å². The molecule has 3 aromatic rings. The van der Waals surface area contributed by atoms with Crippen molar-refractivity contribution in [2.75, 3.05) is 38.2 Å². The average molecular weight is 369 g/mol. The number of halogens is 1. The molecule has 0 bridgehead atoms. The van der Waals surface area contributed by atoms with Crippen molar-refractivity contribution in [3.63, 3.8) is 0 Å². The highest BCUT2D eigenvalue weighted by molar-refractivity contribution is 6.30. The highest BCUT2D eigenvalue weighted by Crippen LogP contribution is 2.23. The molecule has 0 amide bonds. The van der Waals surface area contributed by atoms with Crippen molar-refractivity contribution in [2.45, 2.75) is 6.54 Å². The maximum atomic E-state index is 5.90. The summed E-state index contributed by atoms with van der Waals surface area (Å²) in [4.78, 5) is 14.0. The van der Waals surface area contributed by atoms with Gasteiger partial charge in [-0.05, 0) is 42.5 Å². The fourth-order valence-corrected chi connectivity index (χ4v) is 3.37. The summed E-state index contributed by atoms with van der Waals surface area (Å²) in [5, 5.41) is 1.78. The van der Waals surface area contributed by atoms with E-state index in [1.165, 1.54) is 0 Å². The molecule has 2 aromatic heterocycles. The number of aromatic nitrogens is 2. The maximum Gasteiger partial charge on any atom is 0.129 e. The molecule has 5 nitrogen and oxygen atoms in total. The van der Waals surface area contributed by atoms with Crippen LogP contribution in [-0.2, 0) is 6.54 Å². The minimum absolute atomic E-state index is 0.679. The van der Waals surface area contributed by atoms with Gasteiger partial charge in [0.1, 0.15) is 11.6 Å². The third-order valence-corrected chi connectivity index (χ3v) is 4.98. The second-order valence-electron chi connectivity index (χ2n) is 6.46. The number of pyridine rings is 2. The van der Waals surface area contributed by atoms with Crippen LogP contribution in [0.15, 0.2) is 48.7 Å². The van der Waals surface area contributed by atoms with Crippen LogP contribution in [0, 0.1) is 0 Å². The molecule has 0 atom stereocenters. The molecule has 0 unspecified atom stereocenters. The zero-order chi connectivity index (χ0) is 17.9. The summed E-state index contributed by atoms with van der Waals surface area (Å²) >= 11 is 5.90. The van der Waals surface area contributed by atoms with Crippen LogP contribution >= 0.6 is 11.6 Å². The first kappa shape index (κ1) is 17.1. The second-order valence-corrected chi connectivity index (χ2v) is 6.90. The second kappa shape index (κ2) is 7.48. The quantitative estimate of drug-likeness (QED) is 0.703. The van der Waals surface area contributed by atoms with E-state index in [4.69, 9.17) is 21.3 Å². The molecule has 0 aliphatic carbocycles. The van der Waals surface area contributed by atoms with Crippen molar-refractivity contribution < 1.29 is 4.74 Å². The smallest absolute Gasteiger partial charge is 0.129 e. The van der Waals surface area contributed by atoms with E-state index in [1.807, 2.05) is 30.3 Å². The lowest BCUT2D eigenvalue weighted by atomic mass is 10.2. The van der Waals surface area contributed by atoms with Crippen LogP contribution < -0.4 is 9.64 Å². The van der Waals surface area contributed by atoms with Crippen LogP contribution in [0.3, 0.4) is 0 Å². The molecule has 6 heteroatoms. The first-order valence-electron chi connectivity index (χ1n) is 8.74. The Kier molecular flexibility index (Phi) is 4.91. The van der Waals surface area contributed by atoms with E-state index >= 15 is 0 Å². The molecule has 1 aromatic carbocycles. The largest absolute Gasteiger partial charge is 0.497 e. The first-order valence-corrected chi connectivity index (χ1v) is 9.11. The van der Waals surface area contributed by atoms with E-state index < -0.39 is 0 Å². The summed E-state index contributed by atoms with van der Waals surface area (Å²) in [5.41, 5.74) is 2.05. The van der Waals surface area contributed by atoms with Gasteiger partial charge in [-0.1, -0.05) is 11.6 Å². The Bertz CT molecular complexity index is 892. The molecule has 0 saturated carbocycles. The summed E-state index contributed by atoms with van der Waals surface area (Å²) in [6.45, 7) is 4.76. The van der Waals surface area contributed by atoms with Crippen LogP contribution in [0.25, 0.3) is 10.9 Å². The fraction of sp³-hybridized carbons (Fsp3) is 0.300. The molecule has 1 aliphatic rings. The number of nitrogens with zero attached hydrogens (tertiary/aromatic N) is 4. The minimum Gasteiger partial charge on any atom is -0.497 e. The summed E-state index contributed by atoms with van der Waals surface area (Å²) < 4.78 is 5.28. The van der Waals surface area contributed by atoms with Crippen molar-refractivity contribution >= 4 is 28.3 Å². The molecule has 26 heavy (non-hydrogen) atoms. The Balaban J connectivity index is 1.41. The molecule has 0 N–H and O–H groups in total. The normalized spacial score (nSPS) is 15.4. The number of benzene rings is 1. The van der Waals surface area contributed by atoms with Crippen LogP contribution in [0.5, 0.6) is 5.75 Å². The van der Waals surface area contributed by atoms with Gasteiger partial charge in [-0.2, -0.15) is 0 Å². The summed E-state index contributed by atoms with van der Waals surface area (Å²) in [5.74, 6) is 1.89. The lowest BCUT2D eigenvalue weighted by Crippen LogP contribution is -2.46. The van der Waals surface area contributed by atoms with Gasteiger partial charge in [0.2, 0.25) is 0 Å². The van der Waals surface area contributed by atoms with Gasteiger partial charge in [0, 0.05) is 44.3 Å². The molecule has 0 spiro atoms. The van der Waals surface area contributed by atoms with Gasteiger partial charge >= 0.3 is 0 Å². The summed E-state index contributed by atoms with van der Waals surface area (Å²) in [7, 11) is 1.68. The SMILES string of the molecule is COc1ccc2nc(N3CCN(Cc4ccc(Cl)cn4)CC3)ccc2c1. The number of ether oxygens (including phenoxy) is 1. The molecule has 1 saturated heterocycles. The van der Waals surface area contributed by atoms with Gasteiger partial charge in [-0.25, -0.2) is 4.98 Å². The maximum absolute atomic E-state index is 5.90. The Hall–Kier alpha value is -2.37. The van der Waals surface area contributed by atoms with Gasteiger partial charge in [-0.15, -0.1) is 0 Å². The van der Waals surface area contributed by atoms with E-state index in [9.17, 15) is 0 Å². The van der Waals surface area contributed by atoms with Gasteiger partial charge in [-0.3, -0.25) is 9.88 Å². The van der Waals surface area contributed by atoms with Crippen molar-refractivity contribution in [3.8, 4) is 5.75 Å². The van der Waals surface area contributed by atoms with Gasteiger partial charge in [0.05, 0.1) is 23.3 Å². The van der Waals surface area contributed by atoms with Gasteiger partial charge in [0.25, 0.3) is 0 Å². The predicted molar refractivity (Wildman–Crippen MR) is 105 cm³/mol. The number of piperazine rings is 1. The molecule has 4 rings (SSSR count). The third-order valence-electron chi connectivity index (χ3n) is 4.75. The molecule has 1 fully saturated rings. The van der Waals surface area contributed by atoms with E-state index in [0.717, 1.165) is 60.9 Å². The van der Waals surface area contributed by atoms with E-state index in [2.05, 4.69) is 26.9 Å². The number of hydrogen-bond acceptors (Lipinski definition) is 5. The third kappa shape index (κ3) is 3.74. The van der Waals surface area contributed by atoms with E-state index in [0.29, 0.717) is 5.02 Å². The minimum atomic E-state index is 0.679. The van der Waals surface area contributed by atoms with E-state index in [1.54, 1.807) is 13.3 Å². The number of fused-ring (bicyclic) bond motifs is 1. The topological polar surface area (TPSA) is 41.5 Å². The van der Waals surface area contributed by atoms with Crippen LogP contribution in [-0.4, -0.2) is 48.2 Å². The molecule has 3 heterocycles. The number of anilines is 1. The van der Waals surface area contributed by atoms with Crippen molar-refractivity contribution in [2.24, 2.45) is 0 Å². The number of rotatable bonds is 4. The molecular formula is C20H21ClN4O. The number of methoxy groups -OCH3 is 1. The Morgan fingerprint density at radius 1 is 1.04 bits per heavy atom. The standard InChI is InChI=1S/C20H21ClN4O/c1-26-18-5-6-19-15(12-18)2-7-20(23-19)25-10-8-24(9-11-25)14-17-4-3-16(21)13-22-17/h2-7,12-13H,8-11,14H2,1H3. The molecule has 1 aliphatic heterocycles. The molecule has 0 radical (unpaired) electrons. The highest BCUT2D eigenvalue weighted by atomic mass is 35.5. The van der Waals surface area contributed by atoms with Crippen LogP contribution in [0.4, 0.5) is 5.82 Å². The zero-order valence-electron chi connectivity index (χ0n) is 14.7. The van der Waals surface area contributed by atoms with Gasteiger partial charge < -0.3 is 9.64 Å². The summed E-state index contributed by atoms with van der Waals surface area (Å²) in [6.07, 6.45) is 1.71. The first-order chi connectivity index (χ1) is 12.7. The highest BCUT2D eigenvalue weighted by Gasteiger charge is 2.18. The van der Waals surface area contributed by atoms with Crippen molar-refractivity contribution in [1.82, 2.24) is 14.9 Å². The number of hydrogen-bond donors (Lipinski definition) is 0. The fourth-order valence-electron chi connectivity index (χ4n) is 3.26. The summed E-state index contributed by atoms with van der Waals surface area (Å²) in [6, 6.07) is 14.1. The van der Waals surface area contributed by atoms with Crippen molar-refractivity contribution in [1.29, 1.82) is 0 Å². The molecule has 134 valence electrons. The van der Waals surface area contributed by atoms with E-state index in [-0.39, 0.29) is 0 Å². The Morgan fingerprint density at radius 2 is 1.88 bits per heavy atom. The Morgan fingerprint density at radius 3 is 2.62 bits per heavy atom. The lowest BCUT2D eigenvalue weighted by Gasteiger charge is -2.35. The van der Waals surface area contributed by atoms with Crippen LogP contribution in [0.1, 0.15) is 5.69 Å². The monoisotopic (exact) mass is 368 g/mol. The Labute approximate surface area is 158 Å². The lowest BCUT2D eigenvalue weighted by molar-refractivity contribution is 0.246. The zero-order valence-corrected chi connectivity index (χ0v) is 15.5. The van der Waals surface area contributed by atoms with Gasteiger partial charge in [0.15, 0.2) is 0 Å². The predicted octanol–water partition coefficient (Wildman–Crippen LogP) is 3.61. The molecular weight excluding hydrogens is 348 g/mol. The van der Waals surface area contributed by atoms with Crippen molar-refractivity contribution in [3.05, 3.63) is 59.4 Å².